The highest BCUT2D eigenvalue weighted by Gasteiger charge is 2.19. The molecule has 0 aliphatic carbocycles. The van der Waals surface area contributed by atoms with Gasteiger partial charge >= 0.3 is 0 Å². The molecule has 0 aliphatic rings. The monoisotopic (exact) mass is 348 g/mol. The molecule has 2 heteroatoms. The van der Waals surface area contributed by atoms with Gasteiger partial charge in [-0.2, -0.15) is 0 Å². The van der Waals surface area contributed by atoms with Gasteiger partial charge in [0.05, 0.1) is 25.3 Å². The van der Waals surface area contributed by atoms with Crippen LogP contribution in [0.15, 0.2) is 72.8 Å². The lowest BCUT2D eigenvalue weighted by molar-refractivity contribution is 1.37. The normalized spacial score (nSPS) is 12.6. The first-order valence-corrected chi connectivity index (χ1v) is 11.6. The van der Waals surface area contributed by atoms with Crippen molar-refractivity contribution < 1.29 is 0 Å². The van der Waals surface area contributed by atoms with E-state index in [0.717, 1.165) is 0 Å². The highest BCUT2D eigenvalue weighted by atomic mass is 28.3. The summed E-state index contributed by atoms with van der Waals surface area (Å²) >= 11 is 0. The van der Waals surface area contributed by atoms with Gasteiger partial charge < -0.3 is 4.40 Å². The van der Waals surface area contributed by atoms with E-state index < -0.39 is 8.80 Å². The van der Waals surface area contributed by atoms with Crippen molar-refractivity contribution in [3.63, 3.8) is 0 Å². The molecule has 0 fully saturated rings. The Bertz CT molecular complexity index is 1460. The van der Waals surface area contributed by atoms with Crippen molar-refractivity contribution in [1.29, 1.82) is 0 Å². The third-order valence-electron chi connectivity index (χ3n) is 5.74. The summed E-state index contributed by atoms with van der Waals surface area (Å²) in [4.78, 5) is 0. The average molecular weight is 349 g/mol. The number of fused-ring (bicyclic) bond motifs is 7. The van der Waals surface area contributed by atoms with E-state index >= 15 is 0 Å². The molecule has 2 aromatic heterocycles. The second-order valence-corrected chi connectivity index (χ2v) is 10.1. The highest BCUT2D eigenvalue weighted by molar-refractivity contribution is 6.71. The van der Waals surface area contributed by atoms with Crippen LogP contribution in [-0.4, -0.2) is 13.2 Å². The van der Waals surface area contributed by atoms with Crippen LogP contribution < -0.4 is 5.19 Å². The maximum atomic E-state index is 2.48. The van der Waals surface area contributed by atoms with Crippen LogP contribution in [0.25, 0.3) is 48.9 Å². The van der Waals surface area contributed by atoms with Gasteiger partial charge in [0.25, 0.3) is 0 Å². The Morgan fingerprint density at radius 3 is 2.04 bits per heavy atom. The second-order valence-electron chi connectivity index (χ2n) is 7.49. The van der Waals surface area contributed by atoms with Crippen LogP contribution in [0.4, 0.5) is 0 Å². The van der Waals surface area contributed by atoms with Crippen LogP contribution in [0.5, 0.6) is 0 Å². The van der Waals surface area contributed by atoms with Crippen LogP contribution in [0.2, 0.25) is 13.1 Å². The smallest absolute Gasteiger partial charge is 0.0792 e. The van der Waals surface area contributed by atoms with Gasteiger partial charge in [-0.1, -0.05) is 72.9 Å². The van der Waals surface area contributed by atoms with E-state index in [4.69, 9.17) is 0 Å². The minimum Gasteiger partial charge on any atom is -0.308 e. The summed E-state index contributed by atoms with van der Waals surface area (Å²) < 4.78 is 2.48. The summed E-state index contributed by atoms with van der Waals surface area (Å²) in [6.07, 6.45) is 0. The molecule has 2 heterocycles. The lowest BCUT2D eigenvalue weighted by Crippen LogP contribution is -2.21. The molecule has 0 amide bonds. The summed E-state index contributed by atoms with van der Waals surface area (Å²) in [5.41, 5.74) is 4.02. The van der Waals surface area contributed by atoms with Gasteiger partial charge in [-0.3, -0.25) is 0 Å². The summed E-state index contributed by atoms with van der Waals surface area (Å²) in [5, 5.41) is 9.69. The predicted octanol–water partition coefficient (Wildman–Crippen LogP) is 5.95. The van der Waals surface area contributed by atoms with E-state index in [1.54, 1.807) is 0 Å². The number of benzene rings is 4. The third-order valence-corrected chi connectivity index (χ3v) is 7.18. The van der Waals surface area contributed by atoms with Gasteiger partial charge in [0.2, 0.25) is 0 Å². The van der Waals surface area contributed by atoms with Crippen LogP contribution in [0.3, 0.4) is 0 Å². The maximum Gasteiger partial charge on any atom is 0.0792 e. The SMILES string of the molecule is C[Si](C)c1cc2c3ccccc3n3c4cc5ccccc5cc4c(c1)c23. The molecule has 26 heavy (non-hydrogen) atoms. The first-order valence-electron chi connectivity index (χ1n) is 9.13. The zero-order valence-corrected chi connectivity index (χ0v) is 15.9. The zero-order chi connectivity index (χ0) is 17.4. The topological polar surface area (TPSA) is 4.41 Å². The van der Waals surface area contributed by atoms with E-state index in [1.165, 1.54) is 54.1 Å². The van der Waals surface area contributed by atoms with Gasteiger partial charge in [0, 0.05) is 21.5 Å². The van der Waals surface area contributed by atoms with E-state index in [9.17, 15) is 0 Å². The van der Waals surface area contributed by atoms with E-state index in [2.05, 4.69) is 90.3 Å². The predicted molar refractivity (Wildman–Crippen MR) is 116 cm³/mol. The summed E-state index contributed by atoms with van der Waals surface area (Å²) in [5.74, 6) is 0. The molecule has 6 aromatic rings. The largest absolute Gasteiger partial charge is 0.308 e. The van der Waals surface area contributed by atoms with Crippen molar-refractivity contribution in [1.82, 2.24) is 4.40 Å². The molecule has 6 rings (SSSR count). The summed E-state index contributed by atoms with van der Waals surface area (Å²) in [6, 6.07) is 27.2. The average Bonchev–Trinajstić information content (AvgIpc) is 3.17. The van der Waals surface area contributed by atoms with Crippen LogP contribution in [0, 0.1) is 0 Å². The van der Waals surface area contributed by atoms with Crippen molar-refractivity contribution >= 4 is 62.9 Å². The Labute approximate surface area is 153 Å². The van der Waals surface area contributed by atoms with Crippen molar-refractivity contribution in [2.45, 2.75) is 13.1 Å². The van der Waals surface area contributed by atoms with E-state index in [-0.39, 0.29) is 0 Å². The van der Waals surface area contributed by atoms with Crippen molar-refractivity contribution in [2.24, 2.45) is 0 Å². The van der Waals surface area contributed by atoms with E-state index in [0.29, 0.717) is 0 Å². The van der Waals surface area contributed by atoms with Gasteiger partial charge in [0.15, 0.2) is 0 Å². The standard InChI is InChI=1S/C24H18NSi/c1-26(2)17-13-20-18-9-5-6-10-22(18)25-23-12-16-8-4-3-7-15(16)11-19(23)21(14-17)24(20)25/h3-14H,1-2H3. The molecular weight excluding hydrogens is 330 g/mol. The molecule has 0 spiro atoms. The van der Waals surface area contributed by atoms with Crippen LogP contribution in [-0.2, 0) is 0 Å². The first-order chi connectivity index (χ1) is 12.7. The van der Waals surface area contributed by atoms with Crippen LogP contribution in [0.1, 0.15) is 0 Å². The molecule has 0 saturated heterocycles. The molecule has 1 nitrogen and oxygen atoms in total. The van der Waals surface area contributed by atoms with Gasteiger partial charge in [0.1, 0.15) is 0 Å². The summed E-state index contributed by atoms with van der Waals surface area (Å²) in [7, 11) is -0.510. The summed E-state index contributed by atoms with van der Waals surface area (Å²) in [6.45, 7) is 4.77. The Morgan fingerprint density at radius 1 is 0.615 bits per heavy atom. The quantitative estimate of drug-likeness (QED) is 0.323. The van der Waals surface area contributed by atoms with Crippen molar-refractivity contribution in [3.05, 3.63) is 72.8 Å². The second kappa shape index (κ2) is 4.86. The minimum atomic E-state index is -0.510. The Balaban J connectivity index is 1.98. The molecule has 0 atom stereocenters. The van der Waals surface area contributed by atoms with E-state index in [1.807, 2.05) is 0 Å². The van der Waals surface area contributed by atoms with Crippen molar-refractivity contribution in [2.75, 3.05) is 0 Å². The number of para-hydroxylation sites is 1. The molecule has 0 unspecified atom stereocenters. The lowest BCUT2D eigenvalue weighted by atomic mass is 10.0. The lowest BCUT2D eigenvalue weighted by Gasteiger charge is -2.05. The first kappa shape index (κ1) is 14.3. The number of hydrogen-bond acceptors (Lipinski definition) is 0. The molecule has 0 bridgehead atoms. The number of rotatable bonds is 1. The molecule has 0 N–H and O–H groups in total. The molecule has 0 saturated carbocycles. The molecule has 0 aliphatic heterocycles. The Kier molecular flexibility index (Phi) is 2.68. The molecule has 123 valence electrons. The number of nitrogens with zero attached hydrogens (tertiary/aromatic N) is 1. The highest BCUT2D eigenvalue weighted by Crippen LogP contribution is 2.39. The molecule has 1 radical (unpaired) electrons. The van der Waals surface area contributed by atoms with Gasteiger partial charge in [-0.25, -0.2) is 0 Å². The maximum absolute atomic E-state index is 2.48. The third kappa shape index (κ3) is 1.70. The Morgan fingerprint density at radius 2 is 1.27 bits per heavy atom. The molecular formula is C24H18NSi. The fraction of sp³-hybridized carbons (Fsp3) is 0.0833. The van der Waals surface area contributed by atoms with Crippen LogP contribution >= 0.6 is 0 Å². The fourth-order valence-electron chi connectivity index (χ4n) is 4.47. The fourth-order valence-corrected chi connectivity index (χ4v) is 5.34. The number of aromatic nitrogens is 1. The zero-order valence-electron chi connectivity index (χ0n) is 14.9. The van der Waals surface area contributed by atoms with Gasteiger partial charge in [-0.15, -0.1) is 0 Å². The minimum absolute atomic E-state index is 0.510. The Hall–Kier alpha value is -2.84. The van der Waals surface area contributed by atoms with Gasteiger partial charge in [-0.05, 0) is 29.0 Å². The van der Waals surface area contributed by atoms with Crippen molar-refractivity contribution in [3.8, 4) is 0 Å². The molecule has 4 aromatic carbocycles. The number of hydrogen-bond donors (Lipinski definition) is 0.